The maximum atomic E-state index is 11.7. The smallest absolute Gasteiger partial charge is 0.274 e. The van der Waals surface area contributed by atoms with Crippen LogP contribution in [0.2, 0.25) is 0 Å². The lowest BCUT2D eigenvalue weighted by Gasteiger charge is -2.26. The highest BCUT2D eigenvalue weighted by molar-refractivity contribution is 7.87. The number of hydrogen-bond donors (Lipinski definition) is 1. The van der Waals surface area contributed by atoms with Crippen LogP contribution in [0.1, 0.15) is 33.1 Å². The summed E-state index contributed by atoms with van der Waals surface area (Å²) in [6, 6.07) is 0. The van der Waals surface area contributed by atoms with Gasteiger partial charge in [0.05, 0.1) is 0 Å². The Morgan fingerprint density at radius 1 is 1.20 bits per heavy atom. The molecule has 0 saturated carbocycles. The van der Waals surface area contributed by atoms with Crippen LogP contribution in [-0.2, 0) is 15.0 Å². The Hall–Kier alpha value is -0.620. The first-order chi connectivity index (χ1) is 6.93. The summed E-state index contributed by atoms with van der Waals surface area (Å²) in [5.41, 5.74) is 0. The molecule has 0 aromatic carbocycles. The zero-order valence-electron chi connectivity index (χ0n) is 9.19. The van der Waals surface area contributed by atoms with Gasteiger partial charge < -0.3 is 0 Å². The summed E-state index contributed by atoms with van der Waals surface area (Å²) < 4.78 is 26.8. The van der Waals surface area contributed by atoms with Crippen molar-refractivity contribution >= 4 is 16.1 Å². The van der Waals surface area contributed by atoms with Crippen molar-refractivity contribution in [2.45, 2.75) is 33.1 Å². The second kappa shape index (κ2) is 4.94. The monoisotopic (exact) mass is 234 g/mol. The molecule has 0 bridgehead atoms. The minimum absolute atomic E-state index is 0.315. The third-order valence-corrected chi connectivity index (χ3v) is 3.91. The highest BCUT2D eigenvalue weighted by Gasteiger charge is 2.26. The lowest BCUT2D eigenvalue weighted by atomic mass is 10.2. The Morgan fingerprint density at radius 2 is 1.73 bits per heavy atom. The van der Waals surface area contributed by atoms with E-state index in [1.165, 1.54) is 4.31 Å². The van der Waals surface area contributed by atoms with Gasteiger partial charge in [-0.25, -0.2) is 4.72 Å². The van der Waals surface area contributed by atoms with Crippen LogP contribution in [0.4, 0.5) is 0 Å². The van der Waals surface area contributed by atoms with Crippen molar-refractivity contribution < 1.29 is 13.2 Å². The number of rotatable bonds is 3. The summed E-state index contributed by atoms with van der Waals surface area (Å²) >= 11 is 0. The number of nitrogens with one attached hydrogen (secondary N) is 1. The minimum atomic E-state index is -3.59. The van der Waals surface area contributed by atoms with Crippen molar-refractivity contribution in [1.82, 2.24) is 9.03 Å². The molecule has 1 saturated heterocycles. The largest absolute Gasteiger partial charge is 0.303 e. The fourth-order valence-corrected chi connectivity index (χ4v) is 2.77. The average Bonchev–Trinajstić information content (AvgIpc) is 2.18. The average molecular weight is 234 g/mol. The van der Waals surface area contributed by atoms with E-state index < -0.39 is 16.1 Å². The molecule has 0 radical (unpaired) electrons. The molecule has 0 spiro atoms. The van der Waals surface area contributed by atoms with Crippen LogP contribution in [0.25, 0.3) is 0 Å². The fourth-order valence-electron chi connectivity index (χ4n) is 1.41. The van der Waals surface area contributed by atoms with Gasteiger partial charge in [0.25, 0.3) is 0 Å². The van der Waals surface area contributed by atoms with Crippen molar-refractivity contribution in [3.8, 4) is 0 Å². The topological polar surface area (TPSA) is 66.5 Å². The van der Waals surface area contributed by atoms with Crippen LogP contribution in [0.3, 0.4) is 0 Å². The molecule has 0 atom stereocenters. The van der Waals surface area contributed by atoms with Crippen LogP contribution in [-0.4, -0.2) is 31.7 Å². The highest BCUT2D eigenvalue weighted by atomic mass is 32.2. The summed E-state index contributed by atoms with van der Waals surface area (Å²) in [5.74, 6) is -0.759. The van der Waals surface area contributed by atoms with Gasteiger partial charge in [-0.3, -0.25) is 4.79 Å². The molecule has 0 unspecified atom stereocenters. The van der Waals surface area contributed by atoms with Gasteiger partial charge in [0.2, 0.25) is 5.91 Å². The molecular weight excluding hydrogens is 216 g/mol. The van der Waals surface area contributed by atoms with Gasteiger partial charge in [-0.1, -0.05) is 20.3 Å². The molecule has 88 valence electrons. The molecule has 1 aliphatic rings. The molecule has 1 amide bonds. The summed E-state index contributed by atoms with van der Waals surface area (Å²) in [5, 5.41) is 0. The predicted octanol–water partition coefficient (Wildman–Crippen LogP) is 0.489. The first kappa shape index (κ1) is 12.4. The zero-order valence-corrected chi connectivity index (χ0v) is 10.0. The van der Waals surface area contributed by atoms with Crippen molar-refractivity contribution in [2.75, 3.05) is 13.1 Å². The highest BCUT2D eigenvalue weighted by Crippen LogP contribution is 2.12. The van der Waals surface area contributed by atoms with Crippen LogP contribution in [0.15, 0.2) is 0 Å². The standard InChI is InChI=1S/C9H18N2O3S/c1-8(2)9(12)10-15(13,14)11-6-4-3-5-7-11/h8H,3-7H2,1-2H3,(H,10,12). The van der Waals surface area contributed by atoms with Crippen LogP contribution >= 0.6 is 0 Å². The molecule has 6 heteroatoms. The molecule has 0 aliphatic carbocycles. The molecule has 1 rings (SSSR count). The second-order valence-corrected chi connectivity index (χ2v) is 5.76. The van der Waals surface area contributed by atoms with Gasteiger partial charge in [-0.05, 0) is 12.8 Å². The minimum Gasteiger partial charge on any atom is -0.274 e. The Labute approximate surface area is 91.0 Å². The van der Waals surface area contributed by atoms with E-state index in [0.29, 0.717) is 13.1 Å². The Morgan fingerprint density at radius 3 is 2.20 bits per heavy atom. The number of carbonyl (C=O) groups excluding carboxylic acids is 1. The van der Waals surface area contributed by atoms with Gasteiger partial charge in [-0.2, -0.15) is 12.7 Å². The molecule has 0 aromatic heterocycles. The summed E-state index contributed by atoms with van der Waals surface area (Å²) in [6.45, 7) is 4.36. The molecule has 0 aromatic rings. The predicted molar refractivity (Wildman–Crippen MR) is 57.3 cm³/mol. The number of hydrogen-bond acceptors (Lipinski definition) is 3. The number of carbonyl (C=O) groups is 1. The van der Waals surface area contributed by atoms with Crippen molar-refractivity contribution in [3.63, 3.8) is 0 Å². The van der Waals surface area contributed by atoms with Gasteiger partial charge in [0, 0.05) is 19.0 Å². The quantitative estimate of drug-likeness (QED) is 0.772. The molecular formula is C9H18N2O3S. The normalized spacial score (nSPS) is 19.1. The zero-order chi connectivity index (χ0) is 11.5. The lowest BCUT2D eigenvalue weighted by Crippen LogP contribution is -2.46. The number of amides is 1. The van der Waals surface area contributed by atoms with Gasteiger partial charge in [0.1, 0.15) is 0 Å². The van der Waals surface area contributed by atoms with Crippen molar-refractivity contribution in [1.29, 1.82) is 0 Å². The van der Waals surface area contributed by atoms with E-state index >= 15 is 0 Å². The van der Waals surface area contributed by atoms with E-state index in [9.17, 15) is 13.2 Å². The summed E-state index contributed by atoms with van der Waals surface area (Å²) in [4.78, 5) is 11.3. The van der Waals surface area contributed by atoms with E-state index in [1.807, 2.05) is 0 Å². The first-order valence-electron chi connectivity index (χ1n) is 5.25. The van der Waals surface area contributed by atoms with Crippen molar-refractivity contribution in [3.05, 3.63) is 0 Å². The molecule has 15 heavy (non-hydrogen) atoms. The molecule has 5 nitrogen and oxygen atoms in total. The number of piperidine rings is 1. The van der Waals surface area contributed by atoms with Crippen LogP contribution < -0.4 is 4.72 Å². The Bertz CT molecular complexity index is 318. The van der Waals surface area contributed by atoms with Gasteiger partial charge >= 0.3 is 10.2 Å². The molecule has 1 N–H and O–H groups in total. The maximum absolute atomic E-state index is 11.7. The molecule has 1 aliphatic heterocycles. The third-order valence-electron chi connectivity index (χ3n) is 2.41. The molecule has 1 heterocycles. The van der Waals surface area contributed by atoms with Crippen molar-refractivity contribution in [2.24, 2.45) is 5.92 Å². The first-order valence-corrected chi connectivity index (χ1v) is 6.69. The van der Waals surface area contributed by atoms with E-state index in [4.69, 9.17) is 0 Å². The second-order valence-electron chi connectivity index (χ2n) is 4.09. The third kappa shape index (κ3) is 3.46. The van der Waals surface area contributed by atoms with E-state index in [2.05, 4.69) is 4.72 Å². The Kier molecular flexibility index (Phi) is 4.10. The Balaban J connectivity index is 2.61. The van der Waals surface area contributed by atoms with E-state index in [0.717, 1.165) is 19.3 Å². The van der Waals surface area contributed by atoms with E-state index in [1.54, 1.807) is 13.8 Å². The summed E-state index contributed by atoms with van der Waals surface area (Å²) in [7, 11) is -3.59. The van der Waals surface area contributed by atoms with Gasteiger partial charge in [0.15, 0.2) is 0 Å². The maximum Gasteiger partial charge on any atom is 0.303 e. The SMILES string of the molecule is CC(C)C(=O)NS(=O)(=O)N1CCCCC1. The lowest BCUT2D eigenvalue weighted by molar-refractivity contribution is -0.122. The molecule has 1 fully saturated rings. The van der Waals surface area contributed by atoms with Crippen LogP contribution in [0, 0.1) is 5.92 Å². The summed E-state index contributed by atoms with van der Waals surface area (Å²) in [6.07, 6.45) is 2.80. The fraction of sp³-hybridized carbons (Fsp3) is 0.889. The van der Waals surface area contributed by atoms with Gasteiger partial charge in [-0.15, -0.1) is 0 Å². The number of nitrogens with zero attached hydrogens (tertiary/aromatic N) is 1. The van der Waals surface area contributed by atoms with E-state index in [-0.39, 0.29) is 5.92 Å². The van der Waals surface area contributed by atoms with Crippen LogP contribution in [0.5, 0.6) is 0 Å².